The number of hydrogen-bond donors (Lipinski definition) is 3. The molecule has 8 nitrogen and oxygen atoms in total. The van der Waals surface area contributed by atoms with E-state index in [4.69, 9.17) is 9.05 Å². The first kappa shape index (κ1) is 59.5. The van der Waals surface area contributed by atoms with Crippen molar-refractivity contribution in [3.05, 3.63) is 48.6 Å². The first-order chi connectivity index (χ1) is 29.5. The molecule has 61 heavy (non-hydrogen) atoms. The summed E-state index contributed by atoms with van der Waals surface area (Å²) in [4.78, 5) is 23.1. The minimum absolute atomic E-state index is 0.0511. The van der Waals surface area contributed by atoms with Crippen LogP contribution in [0.25, 0.3) is 0 Å². The lowest BCUT2D eigenvalue weighted by atomic mass is 10.0. The lowest BCUT2D eigenvalue weighted by molar-refractivity contribution is -0.870. The number of rotatable bonds is 46. The first-order valence-electron chi connectivity index (χ1n) is 25.5. The second kappa shape index (κ2) is 43.7. The molecule has 0 aromatic rings. The monoisotopic (exact) mass is 880 g/mol. The van der Waals surface area contributed by atoms with Gasteiger partial charge in [-0.25, -0.2) is 4.57 Å². The Labute approximate surface area is 378 Å². The molecule has 0 aliphatic rings. The average Bonchev–Trinajstić information content (AvgIpc) is 3.21. The number of aliphatic hydroxyl groups excluding tert-OH is 1. The summed E-state index contributed by atoms with van der Waals surface area (Å²) in [5, 5.41) is 13.8. The number of nitrogens with zero attached hydrogens (tertiary/aromatic N) is 1. The summed E-state index contributed by atoms with van der Waals surface area (Å²) in [5.74, 6) is -0.201. The topological polar surface area (TPSA) is 105 Å². The van der Waals surface area contributed by atoms with Gasteiger partial charge in [-0.2, -0.15) is 0 Å². The fourth-order valence-corrected chi connectivity index (χ4v) is 7.92. The third-order valence-corrected chi connectivity index (χ3v) is 12.2. The number of hydrogen-bond acceptors (Lipinski definition) is 5. The van der Waals surface area contributed by atoms with E-state index in [0.717, 1.165) is 57.8 Å². The third kappa shape index (κ3) is 46.3. The van der Waals surface area contributed by atoms with Gasteiger partial charge in [0.2, 0.25) is 5.91 Å². The van der Waals surface area contributed by atoms with Gasteiger partial charge in [0.1, 0.15) is 13.2 Å². The zero-order chi connectivity index (χ0) is 45.0. The van der Waals surface area contributed by atoms with Crippen molar-refractivity contribution in [1.29, 1.82) is 0 Å². The molecule has 0 fully saturated rings. The second-order valence-electron chi connectivity index (χ2n) is 18.5. The summed E-state index contributed by atoms with van der Waals surface area (Å²) < 4.78 is 23.6. The van der Waals surface area contributed by atoms with Crippen molar-refractivity contribution in [1.82, 2.24) is 5.32 Å². The number of phosphoric ester groups is 1. The summed E-state index contributed by atoms with van der Waals surface area (Å²) in [7, 11) is 1.54. The first-order valence-corrected chi connectivity index (χ1v) is 27.0. The van der Waals surface area contributed by atoms with Gasteiger partial charge in [-0.3, -0.25) is 13.8 Å². The highest BCUT2D eigenvalue weighted by Gasteiger charge is 2.27. The molecule has 1 amide bonds. The Balaban J connectivity index is 4.33. The van der Waals surface area contributed by atoms with E-state index in [9.17, 15) is 19.4 Å². The molecule has 0 aromatic carbocycles. The number of carbonyl (C=O) groups excluding carboxylic acids is 1. The van der Waals surface area contributed by atoms with E-state index in [1.54, 1.807) is 6.08 Å². The molecule has 0 spiro atoms. The zero-order valence-electron chi connectivity index (χ0n) is 40.7. The van der Waals surface area contributed by atoms with E-state index in [1.165, 1.54) is 148 Å². The van der Waals surface area contributed by atoms with Crippen LogP contribution in [0.5, 0.6) is 0 Å². The molecule has 0 saturated carbocycles. The van der Waals surface area contributed by atoms with Gasteiger partial charge in [-0.05, 0) is 70.6 Å². The van der Waals surface area contributed by atoms with E-state index >= 15 is 0 Å². The maximum absolute atomic E-state index is 12.9. The Morgan fingerprint density at radius 3 is 1.33 bits per heavy atom. The number of phosphoric acid groups is 1. The predicted octanol–water partition coefficient (Wildman–Crippen LogP) is 14.8. The summed E-state index contributed by atoms with van der Waals surface area (Å²) in [6.07, 6.45) is 56.4. The molecule has 3 N–H and O–H groups in total. The van der Waals surface area contributed by atoms with Crippen LogP contribution in [-0.2, 0) is 18.4 Å². The van der Waals surface area contributed by atoms with Gasteiger partial charge in [-0.1, -0.05) is 197 Å². The molecule has 0 rings (SSSR count). The largest absolute Gasteiger partial charge is 0.472 e. The van der Waals surface area contributed by atoms with Crippen molar-refractivity contribution in [3.63, 3.8) is 0 Å². The van der Waals surface area contributed by atoms with Crippen molar-refractivity contribution < 1.29 is 32.9 Å². The quantitative estimate of drug-likeness (QED) is 0.0243. The fraction of sp³-hybridized carbons (Fsp3) is 0.827. The molecule has 3 atom stereocenters. The standard InChI is InChI=1S/C52H99N2O6P/c1-6-8-10-12-14-16-18-20-21-22-23-24-25-26-27-28-29-30-31-32-34-35-37-39-41-43-45-51(55)50(49-60-61(57,58)59-48-47-54(3,4)5)53-52(56)46-44-42-40-38-36-33-19-17-15-13-11-9-7-2/h17,19,30-31,35,37,43,45,50-51,55H,6-16,18,20-29,32-34,36,38-42,44,46-49H2,1-5H3,(H-,53,56,57,58)/p+1/b19-17-,31-30+,37-35+,45-43+. The molecule has 0 aliphatic carbocycles. The van der Waals surface area contributed by atoms with Gasteiger partial charge in [-0.15, -0.1) is 0 Å². The summed E-state index contributed by atoms with van der Waals surface area (Å²) in [5.41, 5.74) is 0. The Kier molecular flexibility index (Phi) is 42.6. The molecule has 358 valence electrons. The Bertz CT molecular complexity index is 1130. The van der Waals surface area contributed by atoms with E-state index in [0.29, 0.717) is 17.4 Å². The van der Waals surface area contributed by atoms with Gasteiger partial charge >= 0.3 is 7.82 Å². The number of nitrogens with one attached hydrogen (secondary N) is 1. The van der Waals surface area contributed by atoms with Crippen LogP contribution >= 0.6 is 7.82 Å². The third-order valence-electron chi connectivity index (χ3n) is 11.2. The van der Waals surface area contributed by atoms with Crippen LogP contribution in [-0.4, -0.2) is 73.4 Å². The number of likely N-dealkylation sites (N-methyl/N-ethyl adjacent to an activating group) is 1. The molecule has 0 saturated heterocycles. The number of carbonyl (C=O) groups is 1. The van der Waals surface area contributed by atoms with Crippen molar-refractivity contribution in [2.24, 2.45) is 0 Å². The number of unbranched alkanes of at least 4 members (excludes halogenated alkanes) is 27. The second-order valence-corrected chi connectivity index (χ2v) is 20.0. The van der Waals surface area contributed by atoms with Crippen LogP contribution in [0.4, 0.5) is 0 Å². The van der Waals surface area contributed by atoms with Crippen LogP contribution in [0, 0.1) is 0 Å². The van der Waals surface area contributed by atoms with Crippen molar-refractivity contribution >= 4 is 13.7 Å². The molecular weight excluding hydrogens is 780 g/mol. The van der Waals surface area contributed by atoms with E-state index in [2.05, 4.69) is 55.6 Å². The lowest BCUT2D eigenvalue weighted by Crippen LogP contribution is -2.45. The fourth-order valence-electron chi connectivity index (χ4n) is 7.19. The highest BCUT2D eigenvalue weighted by atomic mass is 31.2. The normalized spacial score (nSPS) is 14.5. The summed E-state index contributed by atoms with van der Waals surface area (Å²) in [6, 6.07) is -0.874. The van der Waals surface area contributed by atoms with E-state index in [1.807, 2.05) is 27.2 Å². The highest BCUT2D eigenvalue weighted by Crippen LogP contribution is 2.43. The minimum atomic E-state index is -4.35. The maximum Gasteiger partial charge on any atom is 0.472 e. The maximum atomic E-state index is 12.9. The smallest absolute Gasteiger partial charge is 0.387 e. The van der Waals surface area contributed by atoms with Gasteiger partial charge in [0, 0.05) is 6.42 Å². The van der Waals surface area contributed by atoms with Crippen LogP contribution in [0.15, 0.2) is 48.6 Å². The Morgan fingerprint density at radius 2 is 0.902 bits per heavy atom. The minimum Gasteiger partial charge on any atom is -0.387 e. The van der Waals surface area contributed by atoms with Crippen LogP contribution < -0.4 is 5.32 Å². The summed E-state index contributed by atoms with van der Waals surface area (Å²) >= 11 is 0. The number of allylic oxidation sites excluding steroid dienone is 7. The highest BCUT2D eigenvalue weighted by molar-refractivity contribution is 7.47. The molecular formula is C52H100N2O6P+. The predicted molar refractivity (Wildman–Crippen MR) is 263 cm³/mol. The van der Waals surface area contributed by atoms with Gasteiger partial charge in [0.25, 0.3) is 0 Å². The zero-order valence-corrected chi connectivity index (χ0v) is 41.5. The average molecular weight is 880 g/mol. The molecule has 3 unspecified atom stereocenters. The number of aliphatic hydroxyl groups is 1. The molecule has 0 aliphatic heterocycles. The molecule has 0 heterocycles. The number of quaternary nitrogens is 1. The van der Waals surface area contributed by atoms with Crippen LogP contribution in [0.1, 0.15) is 226 Å². The van der Waals surface area contributed by atoms with Gasteiger partial charge < -0.3 is 19.8 Å². The van der Waals surface area contributed by atoms with Gasteiger partial charge in [0.15, 0.2) is 0 Å². The van der Waals surface area contributed by atoms with E-state index < -0.39 is 20.0 Å². The van der Waals surface area contributed by atoms with Crippen molar-refractivity contribution in [2.75, 3.05) is 40.9 Å². The van der Waals surface area contributed by atoms with Gasteiger partial charge in [0.05, 0.1) is 39.9 Å². The lowest BCUT2D eigenvalue weighted by Gasteiger charge is -2.25. The van der Waals surface area contributed by atoms with Crippen LogP contribution in [0.2, 0.25) is 0 Å². The SMILES string of the molecule is CCCCCC/C=C\CCCCCCCC(=O)NC(COP(=O)(O)OCC[N+](C)(C)C)C(O)/C=C/CC/C=C/CC/C=C/CCCCCCCCCCCCCCCCCC. The molecule has 0 radical (unpaired) electrons. The van der Waals surface area contributed by atoms with Crippen molar-refractivity contribution in [2.45, 2.75) is 238 Å². The molecule has 9 heteroatoms. The Hall–Kier alpha value is -1.54. The van der Waals surface area contributed by atoms with E-state index in [-0.39, 0.29) is 19.1 Å². The summed E-state index contributed by atoms with van der Waals surface area (Å²) in [6.45, 7) is 4.77. The Morgan fingerprint density at radius 1 is 0.541 bits per heavy atom. The van der Waals surface area contributed by atoms with Crippen molar-refractivity contribution in [3.8, 4) is 0 Å². The van der Waals surface area contributed by atoms with Crippen LogP contribution in [0.3, 0.4) is 0 Å². The number of amides is 1. The molecule has 0 bridgehead atoms. The molecule has 0 aromatic heterocycles.